The maximum Gasteiger partial charge on any atom is 0.348 e. The summed E-state index contributed by atoms with van der Waals surface area (Å²) in [6.45, 7) is 3.42. The molecule has 0 saturated carbocycles. The first-order valence-corrected chi connectivity index (χ1v) is 3.58. The summed E-state index contributed by atoms with van der Waals surface area (Å²) >= 11 is 5.32. The Labute approximate surface area is 70.2 Å². The van der Waals surface area contributed by atoms with Crippen molar-refractivity contribution in [1.82, 2.24) is 0 Å². The van der Waals surface area contributed by atoms with E-state index in [1.54, 1.807) is 6.07 Å². The van der Waals surface area contributed by atoms with Gasteiger partial charge in [0.15, 0.2) is 0 Å². The number of hydrogen-bond donors (Lipinski definition) is 0. The standard InChI is InChI=1S/C7H8ClNO2/c1-6(5-9)7(10)11-4-2-3-8/h1-4H2. The molecule has 11 heavy (non-hydrogen) atoms. The van der Waals surface area contributed by atoms with Gasteiger partial charge in [0.1, 0.15) is 11.6 Å². The highest BCUT2D eigenvalue weighted by atomic mass is 35.5. The molecule has 0 spiro atoms. The molecule has 0 aliphatic rings. The van der Waals surface area contributed by atoms with E-state index < -0.39 is 5.97 Å². The summed E-state index contributed by atoms with van der Waals surface area (Å²) in [5.74, 6) is -0.232. The lowest BCUT2D eigenvalue weighted by Crippen LogP contribution is -2.07. The van der Waals surface area contributed by atoms with E-state index >= 15 is 0 Å². The van der Waals surface area contributed by atoms with Gasteiger partial charge >= 0.3 is 5.97 Å². The van der Waals surface area contributed by atoms with Crippen LogP contribution in [0.1, 0.15) is 6.42 Å². The van der Waals surface area contributed by atoms with Crippen LogP contribution in [0.5, 0.6) is 0 Å². The fraction of sp³-hybridized carbons (Fsp3) is 0.429. The van der Waals surface area contributed by atoms with Crippen molar-refractivity contribution in [3.8, 4) is 6.07 Å². The molecule has 0 aliphatic carbocycles. The van der Waals surface area contributed by atoms with Gasteiger partial charge in [-0.3, -0.25) is 0 Å². The number of carbonyl (C=O) groups is 1. The molecule has 0 saturated heterocycles. The average molecular weight is 174 g/mol. The van der Waals surface area contributed by atoms with Gasteiger partial charge in [0.25, 0.3) is 0 Å². The molecule has 0 radical (unpaired) electrons. The lowest BCUT2D eigenvalue weighted by Gasteiger charge is -1.99. The molecule has 0 N–H and O–H groups in total. The molecule has 60 valence electrons. The Hall–Kier alpha value is -1.01. The van der Waals surface area contributed by atoms with Crippen LogP contribution in [0.4, 0.5) is 0 Å². The van der Waals surface area contributed by atoms with Crippen LogP contribution in [0, 0.1) is 11.3 Å². The minimum absolute atomic E-state index is 0.181. The van der Waals surface area contributed by atoms with E-state index in [2.05, 4.69) is 11.3 Å². The highest BCUT2D eigenvalue weighted by molar-refractivity contribution is 6.17. The van der Waals surface area contributed by atoms with Gasteiger partial charge in [-0.15, -0.1) is 11.6 Å². The molecule has 0 aliphatic heterocycles. The first-order chi connectivity index (χ1) is 5.22. The van der Waals surface area contributed by atoms with Gasteiger partial charge in [0.05, 0.1) is 6.61 Å². The van der Waals surface area contributed by atoms with Crippen molar-refractivity contribution < 1.29 is 9.53 Å². The van der Waals surface area contributed by atoms with Crippen LogP contribution in [0.2, 0.25) is 0 Å². The van der Waals surface area contributed by atoms with Crippen LogP contribution in [-0.4, -0.2) is 18.5 Å². The van der Waals surface area contributed by atoms with E-state index in [1.807, 2.05) is 0 Å². The van der Waals surface area contributed by atoms with Crippen molar-refractivity contribution in [2.24, 2.45) is 0 Å². The zero-order valence-electron chi connectivity index (χ0n) is 5.97. The number of ether oxygens (including phenoxy) is 1. The van der Waals surface area contributed by atoms with E-state index in [0.29, 0.717) is 12.3 Å². The Balaban J connectivity index is 3.55. The molecular formula is C7H8ClNO2. The molecule has 0 aromatic heterocycles. The van der Waals surface area contributed by atoms with Gasteiger partial charge in [-0.2, -0.15) is 5.26 Å². The second-order valence-electron chi connectivity index (χ2n) is 1.77. The van der Waals surface area contributed by atoms with Gasteiger partial charge in [-0.1, -0.05) is 6.58 Å². The molecule has 4 heteroatoms. The summed E-state index contributed by atoms with van der Waals surface area (Å²) in [7, 11) is 0. The smallest absolute Gasteiger partial charge is 0.348 e. The zero-order valence-corrected chi connectivity index (χ0v) is 6.73. The lowest BCUT2D eigenvalue weighted by molar-refractivity contribution is -0.138. The first kappa shape index (κ1) is 9.99. The Morgan fingerprint density at radius 2 is 2.36 bits per heavy atom. The van der Waals surface area contributed by atoms with Crippen LogP contribution < -0.4 is 0 Å². The first-order valence-electron chi connectivity index (χ1n) is 3.04. The van der Waals surface area contributed by atoms with E-state index in [-0.39, 0.29) is 12.2 Å². The number of hydrogen-bond acceptors (Lipinski definition) is 3. The summed E-state index contributed by atoms with van der Waals surface area (Å²) in [6, 6.07) is 1.59. The number of nitrogens with zero attached hydrogens (tertiary/aromatic N) is 1. The molecule has 0 unspecified atom stereocenters. The fourth-order valence-electron chi connectivity index (χ4n) is 0.352. The van der Waals surface area contributed by atoms with Crippen molar-refractivity contribution in [2.45, 2.75) is 6.42 Å². The summed E-state index contributed by atoms with van der Waals surface area (Å²) in [5.41, 5.74) is -0.181. The van der Waals surface area contributed by atoms with Crippen LogP contribution in [0.3, 0.4) is 0 Å². The highest BCUT2D eigenvalue weighted by Gasteiger charge is 2.05. The van der Waals surface area contributed by atoms with Gasteiger partial charge in [0, 0.05) is 5.88 Å². The fourth-order valence-corrected chi connectivity index (χ4v) is 0.461. The van der Waals surface area contributed by atoms with E-state index in [9.17, 15) is 4.79 Å². The quantitative estimate of drug-likeness (QED) is 0.211. The molecule has 0 amide bonds. The largest absolute Gasteiger partial charge is 0.462 e. The minimum atomic E-state index is -0.669. The number of rotatable bonds is 4. The SMILES string of the molecule is C=C(C#N)C(=O)OCCCCl. The third-order valence-electron chi connectivity index (χ3n) is 0.892. The number of halogens is 1. The van der Waals surface area contributed by atoms with Gasteiger partial charge in [-0.25, -0.2) is 4.79 Å². The predicted molar refractivity (Wildman–Crippen MR) is 41.0 cm³/mol. The van der Waals surface area contributed by atoms with Gasteiger partial charge < -0.3 is 4.74 Å². The van der Waals surface area contributed by atoms with Gasteiger partial charge in [0.2, 0.25) is 0 Å². The summed E-state index contributed by atoms with van der Waals surface area (Å²) in [5, 5.41) is 8.19. The Kier molecular flexibility index (Phi) is 5.22. The molecule has 0 aromatic rings. The van der Waals surface area contributed by atoms with Crippen molar-refractivity contribution in [3.63, 3.8) is 0 Å². The predicted octanol–water partition coefficient (Wildman–Crippen LogP) is 1.24. The maximum atomic E-state index is 10.7. The van der Waals surface area contributed by atoms with Crippen LogP contribution in [-0.2, 0) is 9.53 Å². The minimum Gasteiger partial charge on any atom is -0.462 e. The van der Waals surface area contributed by atoms with Crippen LogP contribution in [0.25, 0.3) is 0 Å². The zero-order chi connectivity index (χ0) is 8.69. The average Bonchev–Trinajstić information content (AvgIpc) is 2.03. The number of esters is 1. The van der Waals surface area contributed by atoms with E-state index in [4.69, 9.17) is 16.9 Å². The van der Waals surface area contributed by atoms with E-state index in [0.717, 1.165) is 0 Å². The van der Waals surface area contributed by atoms with Crippen LogP contribution >= 0.6 is 11.6 Å². The lowest BCUT2D eigenvalue weighted by atomic mass is 10.3. The molecule has 3 nitrogen and oxygen atoms in total. The second kappa shape index (κ2) is 5.75. The second-order valence-corrected chi connectivity index (χ2v) is 2.15. The highest BCUT2D eigenvalue weighted by Crippen LogP contribution is 1.93. The molecule has 0 bridgehead atoms. The summed E-state index contributed by atoms with van der Waals surface area (Å²) < 4.78 is 4.59. The number of carbonyl (C=O) groups excluding carboxylic acids is 1. The normalized spacial score (nSPS) is 8.36. The Morgan fingerprint density at radius 1 is 1.73 bits per heavy atom. The molecular weight excluding hydrogens is 166 g/mol. The van der Waals surface area contributed by atoms with Crippen molar-refractivity contribution >= 4 is 17.6 Å². The summed E-state index contributed by atoms with van der Waals surface area (Å²) in [6.07, 6.45) is 0.589. The maximum absolute atomic E-state index is 10.7. The third kappa shape index (κ3) is 4.40. The van der Waals surface area contributed by atoms with E-state index in [1.165, 1.54) is 0 Å². The van der Waals surface area contributed by atoms with Crippen molar-refractivity contribution in [1.29, 1.82) is 5.26 Å². The molecule has 0 rings (SSSR count). The van der Waals surface area contributed by atoms with Crippen molar-refractivity contribution in [3.05, 3.63) is 12.2 Å². The van der Waals surface area contributed by atoms with Crippen LogP contribution in [0.15, 0.2) is 12.2 Å². The Bertz CT molecular complexity index is 195. The third-order valence-corrected chi connectivity index (χ3v) is 1.16. The Morgan fingerprint density at radius 3 is 2.82 bits per heavy atom. The number of nitriles is 1. The monoisotopic (exact) mass is 173 g/mol. The molecule has 0 atom stereocenters. The number of alkyl halides is 1. The van der Waals surface area contributed by atoms with Crippen molar-refractivity contribution in [2.75, 3.05) is 12.5 Å². The molecule has 0 aromatic carbocycles. The molecule has 0 heterocycles. The topological polar surface area (TPSA) is 50.1 Å². The van der Waals surface area contributed by atoms with Gasteiger partial charge in [-0.05, 0) is 6.42 Å². The summed E-state index contributed by atoms with van der Waals surface area (Å²) in [4.78, 5) is 10.7. The molecule has 0 fully saturated rings.